The van der Waals surface area contributed by atoms with Crippen molar-refractivity contribution in [3.63, 3.8) is 0 Å². The SMILES string of the molecule is Cc1ccnc(NC2CCCCC2)c1N. The molecule has 0 bridgehead atoms. The van der Waals surface area contributed by atoms with Crippen LogP contribution in [0.25, 0.3) is 0 Å². The van der Waals surface area contributed by atoms with E-state index in [1.807, 2.05) is 19.2 Å². The molecule has 1 aromatic rings. The van der Waals surface area contributed by atoms with Crippen LogP contribution in [0.1, 0.15) is 37.7 Å². The average Bonchev–Trinajstić information content (AvgIpc) is 2.26. The molecular weight excluding hydrogens is 186 g/mol. The van der Waals surface area contributed by atoms with Crippen LogP contribution in [0, 0.1) is 6.92 Å². The number of rotatable bonds is 2. The zero-order valence-corrected chi connectivity index (χ0v) is 9.29. The van der Waals surface area contributed by atoms with Crippen molar-refractivity contribution in [3.8, 4) is 0 Å². The number of nitrogens with zero attached hydrogens (tertiary/aromatic N) is 1. The van der Waals surface area contributed by atoms with Gasteiger partial charge in [0.1, 0.15) is 5.82 Å². The van der Waals surface area contributed by atoms with Gasteiger partial charge in [-0.15, -0.1) is 0 Å². The molecule has 0 aromatic carbocycles. The fourth-order valence-corrected chi connectivity index (χ4v) is 2.12. The van der Waals surface area contributed by atoms with Gasteiger partial charge in [-0.05, 0) is 31.4 Å². The molecular formula is C12H19N3. The summed E-state index contributed by atoms with van der Waals surface area (Å²) in [7, 11) is 0. The minimum Gasteiger partial charge on any atom is -0.396 e. The predicted octanol–water partition coefficient (Wildman–Crippen LogP) is 2.72. The highest BCUT2D eigenvalue weighted by atomic mass is 15.0. The van der Waals surface area contributed by atoms with Crippen molar-refractivity contribution in [2.24, 2.45) is 0 Å². The Balaban J connectivity index is 2.06. The Labute approximate surface area is 91.1 Å². The van der Waals surface area contributed by atoms with Crippen molar-refractivity contribution in [2.45, 2.75) is 45.1 Å². The summed E-state index contributed by atoms with van der Waals surface area (Å²) in [5.41, 5.74) is 7.87. The first-order chi connectivity index (χ1) is 7.27. The molecule has 1 aliphatic carbocycles. The maximum absolute atomic E-state index is 5.97. The Bertz CT molecular complexity index is 330. The van der Waals surface area contributed by atoms with Gasteiger partial charge >= 0.3 is 0 Å². The lowest BCUT2D eigenvalue weighted by Crippen LogP contribution is -2.23. The lowest BCUT2D eigenvalue weighted by atomic mass is 9.95. The summed E-state index contributed by atoms with van der Waals surface area (Å²) in [6, 6.07) is 2.51. The highest BCUT2D eigenvalue weighted by Gasteiger charge is 2.14. The molecule has 3 nitrogen and oxygen atoms in total. The van der Waals surface area contributed by atoms with Gasteiger partial charge in [-0.2, -0.15) is 0 Å². The lowest BCUT2D eigenvalue weighted by Gasteiger charge is -2.24. The van der Waals surface area contributed by atoms with E-state index in [2.05, 4.69) is 10.3 Å². The summed E-state index contributed by atoms with van der Waals surface area (Å²) in [4.78, 5) is 4.30. The van der Waals surface area contributed by atoms with E-state index in [-0.39, 0.29) is 0 Å². The summed E-state index contributed by atoms with van der Waals surface area (Å²) < 4.78 is 0. The molecule has 1 fully saturated rings. The van der Waals surface area contributed by atoms with Crippen molar-refractivity contribution in [1.29, 1.82) is 0 Å². The Morgan fingerprint density at radius 1 is 1.33 bits per heavy atom. The van der Waals surface area contributed by atoms with Gasteiger partial charge in [-0.25, -0.2) is 4.98 Å². The summed E-state index contributed by atoms with van der Waals surface area (Å²) in [5, 5.41) is 3.45. The summed E-state index contributed by atoms with van der Waals surface area (Å²) in [5.74, 6) is 0.863. The zero-order chi connectivity index (χ0) is 10.7. The van der Waals surface area contributed by atoms with Crippen LogP contribution in [0.2, 0.25) is 0 Å². The molecule has 1 saturated carbocycles. The van der Waals surface area contributed by atoms with Crippen molar-refractivity contribution < 1.29 is 0 Å². The molecule has 3 heteroatoms. The number of aromatic nitrogens is 1. The van der Waals surface area contributed by atoms with Gasteiger partial charge in [-0.1, -0.05) is 19.3 Å². The van der Waals surface area contributed by atoms with Crippen LogP contribution in [0.5, 0.6) is 0 Å². The van der Waals surface area contributed by atoms with E-state index >= 15 is 0 Å². The Morgan fingerprint density at radius 2 is 2.07 bits per heavy atom. The standard InChI is InChI=1S/C12H19N3/c1-9-7-8-14-12(11(9)13)15-10-5-3-2-4-6-10/h7-8,10H,2-6,13H2,1H3,(H,14,15). The van der Waals surface area contributed by atoms with Crippen LogP contribution in [0.15, 0.2) is 12.3 Å². The van der Waals surface area contributed by atoms with Crippen molar-refractivity contribution in [1.82, 2.24) is 4.98 Å². The Hall–Kier alpha value is -1.25. The van der Waals surface area contributed by atoms with E-state index < -0.39 is 0 Å². The predicted molar refractivity (Wildman–Crippen MR) is 63.9 cm³/mol. The summed E-state index contributed by atoms with van der Waals surface area (Å²) in [6.07, 6.45) is 8.32. The number of aryl methyl sites for hydroxylation is 1. The molecule has 0 aliphatic heterocycles. The first kappa shape index (κ1) is 10.3. The monoisotopic (exact) mass is 205 g/mol. The van der Waals surface area contributed by atoms with E-state index in [4.69, 9.17) is 5.73 Å². The molecule has 2 rings (SSSR count). The van der Waals surface area contributed by atoms with Gasteiger partial charge in [0.05, 0.1) is 5.69 Å². The first-order valence-corrected chi connectivity index (χ1v) is 5.75. The third kappa shape index (κ3) is 2.41. The van der Waals surface area contributed by atoms with Crippen LogP contribution in [-0.4, -0.2) is 11.0 Å². The van der Waals surface area contributed by atoms with Crippen molar-refractivity contribution in [2.75, 3.05) is 11.1 Å². The molecule has 0 spiro atoms. The highest BCUT2D eigenvalue weighted by molar-refractivity contribution is 5.65. The number of nitrogens with one attached hydrogen (secondary N) is 1. The van der Waals surface area contributed by atoms with Gasteiger partial charge in [0, 0.05) is 12.2 Å². The number of hydrogen-bond donors (Lipinski definition) is 2. The third-order valence-electron chi connectivity index (χ3n) is 3.15. The summed E-state index contributed by atoms with van der Waals surface area (Å²) >= 11 is 0. The second-order valence-corrected chi connectivity index (χ2v) is 4.37. The molecule has 0 unspecified atom stereocenters. The number of anilines is 2. The Kier molecular flexibility index (Phi) is 3.09. The molecule has 1 heterocycles. The van der Waals surface area contributed by atoms with Gasteiger partial charge in [0.25, 0.3) is 0 Å². The minimum absolute atomic E-state index is 0.565. The second-order valence-electron chi connectivity index (χ2n) is 4.37. The maximum Gasteiger partial charge on any atom is 0.149 e. The third-order valence-corrected chi connectivity index (χ3v) is 3.15. The maximum atomic E-state index is 5.97. The van der Waals surface area contributed by atoms with Crippen LogP contribution in [0.4, 0.5) is 11.5 Å². The average molecular weight is 205 g/mol. The fraction of sp³-hybridized carbons (Fsp3) is 0.583. The van der Waals surface area contributed by atoms with E-state index in [1.165, 1.54) is 32.1 Å². The van der Waals surface area contributed by atoms with Crippen molar-refractivity contribution >= 4 is 11.5 Å². The molecule has 82 valence electrons. The molecule has 0 amide bonds. The number of nitrogen functional groups attached to an aromatic ring is 1. The molecule has 3 N–H and O–H groups in total. The molecule has 15 heavy (non-hydrogen) atoms. The smallest absolute Gasteiger partial charge is 0.149 e. The molecule has 0 saturated heterocycles. The topological polar surface area (TPSA) is 50.9 Å². The summed E-state index contributed by atoms with van der Waals surface area (Å²) in [6.45, 7) is 2.02. The van der Waals surface area contributed by atoms with Crippen LogP contribution >= 0.6 is 0 Å². The largest absolute Gasteiger partial charge is 0.396 e. The molecule has 0 radical (unpaired) electrons. The quantitative estimate of drug-likeness (QED) is 0.780. The number of pyridine rings is 1. The second kappa shape index (κ2) is 4.51. The van der Waals surface area contributed by atoms with Crippen molar-refractivity contribution in [3.05, 3.63) is 17.8 Å². The lowest BCUT2D eigenvalue weighted by molar-refractivity contribution is 0.462. The van der Waals surface area contributed by atoms with Gasteiger partial charge in [0.15, 0.2) is 0 Å². The zero-order valence-electron chi connectivity index (χ0n) is 9.29. The number of nitrogens with two attached hydrogens (primary N) is 1. The van der Waals surface area contributed by atoms with Crippen LogP contribution in [-0.2, 0) is 0 Å². The van der Waals surface area contributed by atoms with Gasteiger partial charge < -0.3 is 11.1 Å². The fourth-order valence-electron chi connectivity index (χ4n) is 2.12. The molecule has 1 aliphatic rings. The normalized spacial score (nSPS) is 17.7. The highest BCUT2D eigenvalue weighted by Crippen LogP contribution is 2.24. The van der Waals surface area contributed by atoms with Gasteiger partial charge in [0.2, 0.25) is 0 Å². The molecule has 0 atom stereocenters. The van der Waals surface area contributed by atoms with Gasteiger partial charge in [-0.3, -0.25) is 0 Å². The Morgan fingerprint density at radius 3 is 2.80 bits per heavy atom. The minimum atomic E-state index is 0.565. The van der Waals surface area contributed by atoms with E-state index in [0.717, 1.165) is 17.1 Å². The van der Waals surface area contributed by atoms with E-state index in [9.17, 15) is 0 Å². The molecule has 1 aromatic heterocycles. The van der Waals surface area contributed by atoms with Crippen LogP contribution < -0.4 is 11.1 Å². The van der Waals surface area contributed by atoms with Crippen LogP contribution in [0.3, 0.4) is 0 Å². The van der Waals surface area contributed by atoms with E-state index in [1.54, 1.807) is 0 Å². The number of hydrogen-bond acceptors (Lipinski definition) is 3. The first-order valence-electron chi connectivity index (χ1n) is 5.75. The van der Waals surface area contributed by atoms with E-state index in [0.29, 0.717) is 6.04 Å².